The third-order valence-corrected chi connectivity index (χ3v) is 2.56. The molecular weight excluding hydrogens is 323 g/mol. The number of benzene rings is 1. The predicted octanol–water partition coefficient (Wildman–Crippen LogP) is 2.49. The fraction of sp³-hybridized carbons (Fsp3) is 0.364. The summed E-state index contributed by atoms with van der Waals surface area (Å²) in [6.45, 7) is 2.09. The lowest BCUT2D eigenvalue weighted by Crippen LogP contribution is -2.08. The van der Waals surface area contributed by atoms with E-state index in [2.05, 4.69) is 22.6 Å². The van der Waals surface area contributed by atoms with Gasteiger partial charge < -0.3 is 14.2 Å². The Morgan fingerprint density at radius 1 is 1.31 bits per heavy atom. The number of esters is 1. The molecule has 4 nitrogen and oxygen atoms in total. The summed E-state index contributed by atoms with van der Waals surface area (Å²) in [4.78, 5) is 11.7. The van der Waals surface area contributed by atoms with Crippen LogP contribution < -0.4 is 9.47 Å². The number of ether oxygens (including phenoxy) is 3. The number of methoxy groups -OCH3 is 2. The molecule has 0 saturated heterocycles. The van der Waals surface area contributed by atoms with Crippen molar-refractivity contribution in [2.24, 2.45) is 0 Å². The molecule has 0 spiro atoms. The topological polar surface area (TPSA) is 44.8 Å². The van der Waals surface area contributed by atoms with E-state index >= 15 is 0 Å². The van der Waals surface area contributed by atoms with Gasteiger partial charge in [-0.3, -0.25) is 0 Å². The van der Waals surface area contributed by atoms with Gasteiger partial charge in [-0.05, 0) is 41.6 Å². The van der Waals surface area contributed by atoms with E-state index in [1.165, 1.54) is 14.2 Å². The second-order valence-electron chi connectivity index (χ2n) is 2.91. The van der Waals surface area contributed by atoms with Crippen LogP contribution in [0.2, 0.25) is 0 Å². The fourth-order valence-corrected chi connectivity index (χ4v) is 1.89. The maximum Gasteiger partial charge on any atom is 0.342 e. The number of rotatable bonds is 4. The molecule has 0 atom stereocenters. The van der Waals surface area contributed by atoms with Gasteiger partial charge in [-0.1, -0.05) is 0 Å². The molecule has 0 aliphatic heterocycles. The van der Waals surface area contributed by atoms with E-state index < -0.39 is 5.97 Å². The highest BCUT2D eigenvalue weighted by molar-refractivity contribution is 14.1. The van der Waals surface area contributed by atoms with Crippen LogP contribution in [0.15, 0.2) is 12.1 Å². The van der Waals surface area contributed by atoms with Crippen LogP contribution in [0.1, 0.15) is 17.3 Å². The fourth-order valence-electron chi connectivity index (χ4n) is 1.29. The molecule has 5 heteroatoms. The first-order valence-electron chi connectivity index (χ1n) is 4.72. The van der Waals surface area contributed by atoms with Gasteiger partial charge in [0.15, 0.2) is 11.5 Å². The summed E-state index contributed by atoms with van der Waals surface area (Å²) < 4.78 is 16.1. The number of hydrogen-bond acceptors (Lipinski definition) is 4. The lowest BCUT2D eigenvalue weighted by atomic mass is 10.2. The Morgan fingerprint density at radius 2 is 2.00 bits per heavy atom. The van der Waals surface area contributed by atoms with Gasteiger partial charge in [-0.15, -0.1) is 0 Å². The molecule has 0 aromatic heterocycles. The molecule has 0 bridgehead atoms. The Labute approximate surface area is 108 Å². The largest absolute Gasteiger partial charge is 0.493 e. The van der Waals surface area contributed by atoms with E-state index in [0.29, 0.717) is 23.7 Å². The molecule has 16 heavy (non-hydrogen) atoms. The van der Waals surface area contributed by atoms with Gasteiger partial charge in [-0.2, -0.15) is 0 Å². The monoisotopic (exact) mass is 336 g/mol. The molecule has 1 aromatic carbocycles. The van der Waals surface area contributed by atoms with Gasteiger partial charge >= 0.3 is 5.97 Å². The minimum atomic E-state index is -0.406. The van der Waals surface area contributed by atoms with Gasteiger partial charge in [-0.25, -0.2) is 4.79 Å². The minimum absolute atomic E-state index is 0.329. The van der Waals surface area contributed by atoms with Gasteiger partial charge in [0.1, 0.15) is 5.56 Å². The van der Waals surface area contributed by atoms with E-state index in [-0.39, 0.29) is 0 Å². The number of hydrogen-bond donors (Lipinski definition) is 0. The highest BCUT2D eigenvalue weighted by Crippen LogP contribution is 2.33. The van der Waals surface area contributed by atoms with Crippen LogP contribution in [-0.2, 0) is 4.74 Å². The van der Waals surface area contributed by atoms with Crippen molar-refractivity contribution < 1.29 is 19.0 Å². The molecule has 0 amide bonds. The average molecular weight is 336 g/mol. The average Bonchev–Trinajstić information content (AvgIpc) is 2.28. The zero-order valence-corrected chi connectivity index (χ0v) is 11.5. The standard InChI is InChI=1S/C11H13IO4/c1-4-16-11(13)8-5-7(12)6-9(14-2)10(8)15-3/h5-6H,4H2,1-3H3. The Bertz CT molecular complexity index is 390. The number of halogens is 1. The maximum atomic E-state index is 11.7. The van der Waals surface area contributed by atoms with Gasteiger partial charge in [0.2, 0.25) is 0 Å². The summed E-state index contributed by atoms with van der Waals surface area (Å²) in [6, 6.07) is 3.50. The zero-order valence-electron chi connectivity index (χ0n) is 9.37. The lowest BCUT2D eigenvalue weighted by Gasteiger charge is -2.12. The molecule has 0 unspecified atom stereocenters. The van der Waals surface area contributed by atoms with Crippen molar-refractivity contribution in [3.05, 3.63) is 21.3 Å². The summed E-state index contributed by atoms with van der Waals surface area (Å²) in [7, 11) is 3.02. The molecular formula is C11H13IO4. The van der Waals surface area contributed by atoms with Crippen LogP contribution in [0, 0.1) is 3.57 Å². The Kier molecular flexibility index (Phi) is 4.85. The molecule has 88 valence electrons. The molecule has 1 rings (SSSR count). The predicted molar refractivity (Wildman–Crippen MR) is 68.2 cm³/mol. The minimum Gasteiger partial charge on any atom is -0.493 e. The molecule has 0 saturated carbocycles. The summed E-state index contributed by atoms with van der Waals surface area (Å²) in [5, 5.41) is 0. The molecule has 0 fully saturated rings. The summed E-state index contributed by atoms with van der Waals surface area (Å²) in [5.41, 5.74) is 0.383. The van der Waals surface area contributed by atoms with Crippen molar-refractivity contribution in [2.45, 2.75) is 6.92 Å². The number of carbonyl (C=O) groups excluding carboxylic acids is 1. The molecule has 0 heterocycles. The molecule has 0 N–H and O–H groups in total. The summed E-state index contributed by atoms with van der Waals surface area (Å²) in [5.74, 6) is 0.523. The number of carbonyl (C=O) groups is 1. The Morgan fingerprint density at radius 3 is 2.50 bits per heavy atom. The van der Waals surface area contributed by atoms with E-state index in [4.69, 9.17) is 14.2 Å². The zero-order chi connectivity index (χ0) is 12.1. The van der Waals surface area contributed by atoms with Crippen LogP contribution in [0.4, 0.5) is 0 Å². The highest BCUT2D eigenvalue weighted by atomic mass is 127. The van der Waals surface area contributed by atoms with Crippen LogP contribution in [0.3, 0.4) is 0 Å². The van der Waals surface area contributed by atoms with Crippen molar-refractivity contribution in [3.63, 3.8) is 0 Å². The second kappa shape index (κ2) is 5.93. The van der Waals surface area contributed by atoms with Crippen molar-refractivity contribution in [3.8, 4) is 11.5 Å². The van der Waals surface area contributed by atoms with Gasteiger partial charge in [0.25, 0.3) is 0 Å². The van der Waals surface area contributed by atoms with Crippen molar-refractivity contribution >= 4 is 28.6 Å². The Hall–Kier alpha value is -0.980. The molecule has 0 aliphatic carbocycles. The van der Waals surface area contributed by atoms with Crippen molar-refractivity contribution in [2.75, 3.05) is 20.8 Å². The first-order valence-corrected chi connectivity index (χ1v) is 5.80. The first kappa shape index (κ1) is 13.1. The van der Waals surface area contributed by atoms with Crippen LogP contribution in [0.25, 0.3) is 0 Å². The van der Waals surface area contributed by atoms with E-state index in [1.54, 1.807) is 19.1 Å². The molecule has 0 aliphatic rings. The Balaban J connectivity index is 3.24. The van der Waals surface area contributed by atoms with Gasteiger partial charge in [0.05, 0.1) is 20.8 Å². The second-order valence-corrected chi connectivity index (χ2v) is 4.15. The van der Waals surface area contributed by atoms with E-state index in [9.17, 15) is 4.79 Å². The third-order valence-electron chi connectivity index (χ3n) is 1.94. The highest BCUT2D eigenvalue weighted by Gasteiger charge is 2.18. The van der Waals surface area contributed by atoms with E-state index in [1.807, 2.05) is 0 Å². The lowest BCUT2D eigenvalue weighted by molar-refractivity contribution is 0.0522. The summed E-state index contributed by atoms with van der Waals surface area (Å²) >= 11 is 2.11. The molecule has 0 radical (unpaired) electrons. The third kappa shape index (κ3) is 2.78. The first-order chi connectivity index (χ1) is 7.63. The van der Waals surface area contributed by atoms with Crippen LogP contribution in [0.5, 0.6) is 11.5 Å². The summed E-state index contributed by atoms with van der Waals surface area (Å²) in [6.07, 6.45) is 0. The van der Waals surface area contributed by atoms with Crippen molar-refractivity contribution in [1.82, 2.24) is 0 Å². The van der Waals surface area contributed by atoms with Crippen LogP contribution >= 0.6 is 22.6 Å². The quantitative estimate of drug-likeness (QED) is 0.626. The maximum absolute atomic E-state index is 11.7. The normalized spacial score (nSPS) is 9.75. The van der Waals surface area contributed by atoms with Crippen molar-refractivity contribution in [1.29, 1.82) is 0 Å². The molecule has 1 aromatic rings. The van der Waals surface area contributed by atoms with Gasteiger partial charge in [0, 0.05) is 3.57 Å². The van der Waals surface area contributed by atoms with E-state index in [0.717, 1.165) is 3.57 Å². The van der Waals surface area contributed by atoms with Crippen LogP contribution in [-0.4, -0.2) is 26.8 Å². The smallest absolute Gasteiger partial charge is 0.342 e. The SMILES string of the molecule is CCOC(=O)c1cc(I)cc(OC)c1OC.